The number of benzene rings is 1. The first-order valence-corrected chi connectivity index (χ1v) is 5.75. The van der Waals surface area contributed by atoms with E-state index in [-0.39, 0.29) is 16.9 Å². The van der Waals surface area contributed by atoms with Gasteiger partial charge < -0.3 is 5.32 Å². The Labute approximate surface area is 117 Å². The van der Waals surface area contributed by atoms with E-state index in [4.69, 9.17) is 5.26 Å². The van der Waals surface area contributed by atoms with Crippen LogP contribution in [0, 0.1) is 11.3 Å². The summed E-state index contributed by atoms with van der Waals surface area (Å²) in [5, 5.41) is 11.3. The first-order chi connectivity index (χ1) is 9.91. The van der Waals surface area contributed by atoms with E-state index in [0.717, 1.165) is 12.1 Å². The minimum atomic E-state index is -4.55. The van der Waals surface area contributed by atoms with Gasteiger partial charge in [0, 0.05) is 6.20 Å². The van der Waals surface area contributed by atoms with Gasteiger partial charge in [-0.2, -0.15) is 18.4 Å². The van der Waals surface area contributed by atoms with E-state index >= 15 is 0 Å². The fourth-order valence-corrected chi connectivity index (χ4v) is 1.61. The number of amides is 1. The van der Waals surface area contributed by atoms with Crippen molar-refractivity contribution in [2.45, 2.75) is 6.18 Å². The highest BCUT2D eigenvalue weighted by molar-refractivity contribution is 6.03. The Morgan fingerprint density at radius 3 is 2.57 bits per heavy atom. The van der Waals surface area contributed by atoms with E-state index < -0.39 is 17.6 Å². The number of carbonyl (C=O) groups excluding carboxylic acids is 1. The third-order valence-corrected chi connectivity index (χ3v) is 2.61. The van der Waals surface area contributed by atoms with E-state index in [9.17, 15) is 18.0 Å². The molecule has 0 unspecified atom stereocenters. The summed E-state index contributed by atoms with van der Waals surface area (Å²) < 4.78 is 37.7. The van der Waals surface area contributed by atoms with Crippen LogP contribution in [0.2, 0.25) is 0 Å². The van der Waals surface area contributed by atoms with Crippen LogP contribution in [0.4, 0.5) is 18.9 Å². The van der Waals surface area contributed by atoms with E-state index in [1.165, 1.54) is 12.3 Å². The molecule has 0 atom stereocenters. The lowest BCUT2D eigenvalue weighted by Gasteiger charge is -2.10. The topological polar surface area (TPSA) is 65.8 Å². The minimum Gasteiger partial charge on any atom is -0.319 e. The molecule has 0 aliphatic rings. The molecular formula is C14H8F3N3O. The smallest absolute Gasteiger partial charge is 0.319 e. The number of nitriles is 1. The summed E-state index contributed by atoms with van der Waals surface area (Å²) in [6, 6.07) is 8.83. The molecule has 2 rings (SSSR count). The average molecular weight is 291 g/mol. The number of aromatic nitrogens is 1. The molecule has 1 aromatic heterocycles. The number of hydrogen-bond acceptors (Lipinski definition) is 3. The second-order valence-electron chi connectivity index (χ2n) is 4.04. The van der Waals surface area contributed by atoms with E-state index in [1.54, 1.807) is 18.2 Å². The van der Waals surface area contributed by atoms with Crippen LogP contribution >= 0.6 is 0 Å². The zero-order chi connectivity index (χ0) is 15.5. The number of nitrogens with zero attached hydrogens (tertiary/aromatic N) is 2. The van der Waals surface area contributed by atoms with Gasteiger partial charge >= 0.3 is 6.18 Å². The summed E-state index contributed by atoms with van der Waals surface area (Å²) in [5.41, 5.74) is -1.12. The van der Waals surface area contributed by atoms with Crippen molar-refractivity contribution >= 4 is 11.6 Å². The van der Waals surface area contributed by atoms with E-state index in [1.807, 2.05) is 0 Å². The Bertz CT molecular complexity index is 706. The third kappa shape index (κ3) is 3.36. The molecule has 106 valence electrons. The highest BCUT2D eigenvalue weighted by Crippen LogP contribution is 2.31. The molecule has 7 heteroatoms. The van der Waals surface area contributed by atoms with Crippen molar-refractivity contribution in [2.75, 3.05) is 5.32 Å². The third-order valence-electron chi connectivity index (χ3n) is 2.61. The number of hydrogen-bond donors (Lipinski definition) is 1. The van der Waals surface area contributed by atoms with Gasteiger partial charge in [-0.25, -0.2) is 0 Å². The second kappa shape index (κ2) is 5.63. The van der Waals surface area contributed by atoms with Crippen LogP contribution < -0.4 is 5.32 Å². The molecule has 1 heterocycles. The zero-order valence-electron chi connectivity index (χ0n) is 10.5. The van der Waals surface area contributed by atoms with E-state index in [2.05, 4.69) is 10.3 Å². The van der Waals surface area contributed by atoms with Gasteiger partial charge in [0.05, 0.1) is 16.8 Å². The standard InChI is InChI=1S/C14H8F3N3O/c15-14(16,17)10-4-5-11(9(7-10)8-18)20-13(21)12-3-1-2-6-19-12/h1-7H,(H,20,21). The molecule has 0 saturated heterocycles. The first kappa shape index (κ1) is 14.5. The van der Waals surface area contributed by atoms with Crippen LogP contribution in [0.15, 0.2) is 42.6 Å². The number of anilines is 1. The highest BCUT2D eigenvalue weighted by Gasteiger charge is 2.31. The molecule has 2 aromatic rings. The average Bonchev–Trinajstić information content (AvgIpc) is 2.47. The molecule has 0 aliphatic carbocycles. The number of halogens is 3. The van der Waals surface area contributed by atoms with Gasteiger partial charge in [0.1, 0.15) is 11.8 Å². The fourth-order valence-electron chi connectivity index (χ4n) is 1.61. The predicted molar refractivity (Wildman–Crippen MR) is 68.3 cm³/mol. The lowest BCUT2D eigenvalue weighted by atomic mass is 10.1. The summed E-state index contributed by atoms with van der Waals surface area (Å²) in [4.78, 5) is 15.7. The normalized spacial score (nSPS) is 10.8. The van der Waals surface area contributed by atoms with Gasteiger partial charge in [-0.15, -0.1) is 0 Å². The van der Waals surface area contributed by atoms with Crippen LogP contribution in [0.3, 0.4) is 0 Å². The summed E-state index contributed by atoms with van der Waals surface area (Å²) in [6.45, 7) is 0. The summed E-state index contributed by atoms with van der Waals surface area (Å²) in [7, 11) is 0. The van der Waals surface area contributed by atoms with Gasteiger partial charge in [-0.05, 0) is 30.3 Å². The summed E-state index contributed by atoms with van der Waals surface area (Å²) in [6.07, 6.45) is -3.14. The number of pyridine rings is 1. The molecule has 0 fully saturated rings. The number of nitrogens with one attached hydrogen (secondary N) is 1. The van der Waals surface area contributed by atoms with Crippen LogP contribution in [0.25, 0.3) is 0 Å². The maximum atomic E-state index is 12.6. The Morgan fingerprint density at radius 1 is 1.24 bits per heavy atom. The van der Waals surface area contributed by atoms with Crippen molar-refractivity contribution < 1.29 is 18.0 Å². The molecule has 0 bridgehead atoms. The van der Waals surface area contributed by atoms with Crippen LogP contribution in [0.1, 0.15) is 21.6 Å². The van der Waals surface area contributed by atoms with Gasteiger partial charge in [-0.3, -0.25) is 9.78 Å². The number of alkyl halides is 3. The van der Waals surface area contributed by atoms with Crippen LogP contribution in [0.5, 0.6) is 0 Å². The first-order valence-electron chi connectivity index (χ1n) is 5.75. The molecule has 21 heavy (non-hydrogen) atoms. The van der Waals surface area contributed by atoms with Crippen LogP contribution in [-0.2, 0) is 6.18 Å². The molecular weight excluding hydrogens is 283 g/mol. The largest absolute Gasteiger partial charge is 0.416 e. The molecule has 1 N–H and O–H groups in total. The fraction of sp³-hybridized carbons (Fsp3) is 0.0714. The van der Waals surface area contributed by atoms with Gasteiger partial charge in [-0.1, -0.05) is 6.07 Å². The molecule has 1 aromatic carbocycles. The Morgan fingerprint density at radius 2 is 2.00 bits per heavy atom. The predicted octanol–water partition coefficient (Wildman–Crippen LogP) is 3.22. The number of carbonyl (C=O) groups is 1. The monoisotopic (exact) mass is 291 g/mol. The van der Waals surface area contributed by atoms with Gasteiger partial charge in [0.25, 0.3) is 5.91 Å². The Balaban J connectivity index is 2.29. The van der Waals surface area contributed by atoms with Gasteiger partial charge in [0.15, 0.2) is 0 Å². The Hall–Kier alpha value is -2.88. The lowest BCUT2D eigenvalue weighted by molar-refractivity contribution is -0.137. The van der Waals surface area contributed by atoms with Crippen LogP contribution in [-0.4, -0.2) is 10.9 Å². The molecule has 0 aliphatic heterocycles. The molecule has 0 saturated carbocycles. The lowest BCUT2D eigenvalue weighted by Crippen LogP contribution is -2.15. The highest BCUT2D eigenvalue weighted by atomic mass is 19.4. The Kier molecular flexibility index (Phi) is 3.89. The quantitative estimate of drug-likeness (QED) is 0.923. The molecule has 0 radical (unpaired) electrons. The van der Waals surface area contributed by atoms with E-state index in [0.29, 0.717) is 6.07 Å². The molecule has 0 spiro atoms. The maximum absolute atomic E-state index is 12.6. The second-order valence-corrected chi connectivity index (χ2v) is 4.04. The van der Waals surface area contributed by atoms with Crippen molar-refractivity contribution in [3.05, 3.63) is 59.4 Å². The van der Waals surface area contributed by atoms with Gasteiger partial charge in [0.2, 0.25) is 0 Å². The molecule has 4 nitrogen and oxygen atoms in total. The van der Waals surface area contributed by atoms with Crippen molar-refractivity contribution in [1.29, 1.82) is 5.26 Å². The van der Waals surface area contributed by atoms with Crippen molar-refractivity contribution in [2.24, 2.45) is 0 Å². The zero-order valence-corrected chi connectivity index (χ0v) is 10.5. The van der Waals surface area contributed by atoms with Crippen molar-refractivity contribution in [3.8, 4) is 6.07 Å². The summed E-state index contributed by atoms with van der Waals surface area (Å²) >= 11 is 0. The molecule has 1 amide bonds. The minimum absolute atomic E-state index is 0.00107. The van der Waals surface area contributed by atoms with Crippen molar-refractivity contribution in [1.82, 2.24) is 4.98 Å². The summed E-state index contributed by atoms with van der Waals surface area (Å²) in [5.74, 6) is -0.605. The SMILES string of the molecule is N#Cc1cc(C(F)(F)F)ccc1NC(=O)c1ccccn1. The number of rotatable bonds is 2. The maximum Gasteiger partial charge on any atom is 0.416 e. The van der Waals surface area contributed by atoms with Crippen molar-refractivity contribution in [3.63, 3.8) is 0 Å².